The highest BCUT2D eigenvalue weighted by Crippen LogP contribution is 2.30. The minimum Gasteiger partial charge on any atom is -0.421 e. The quantitative estimate of drug-likeness (QED) is 0.364. The molecule has 1 aromatic heterocycles. The van der Waals surface area contributed by atoms with Gasteiger partial charge in [0.2, 0.25) is 0 Å². The number of para-hydroxylation sites is 1. The molecule has 0 radical (unpaired) electrons. The summed E-state index contributed by atoms with van der Waals surface area (Å²) < 4.78 is 34.0. The van der Waals surface area contributed by atoms with Crippen LogP contribution in [0.5, 0.6) is 0 Å². The lowest BCUT2D eigenvalue weighted by Crippen LogP contribution is -2.20. The second kappa shape index (κ2) is 9.28. The van der Waals surface area contributed by atoms with E-state index in [9.17, 15) is 13.2 Å². The summed E-state index contributed by atoms with van der Waals surface area (Å²) in [6.45, 7) is 2.48. The number of benzene rings is 3. The van der Waals surface area contributed by atoms with Crippen molar-refractivity contribution in [2.24, 2.45) is 0 Å². The average Bonchev–Trinajstić information content (AvgIpc) is 2.80. The largest absolute Gasteiger partial charge is 0.421 e. The highest BCUT2D eigenvalue weighted by atomic mass is 32.2. The van der Waals surface area contributed by atoms with Crippen LogP contribution < -0.4 is 15.7 Å². The first kappa shape index (κ1) is 21.6. The zero-order chi connectivity index (χ0) is 22.6. The SMILES string of the molecule is CCCc1ccc(S(=O)(=O)Nc2c(NCc3ccccc3)c3ccccc3oc2=O)cc1. The summed E-state index contributed by atoms with van der Waals surface area (Å²) in [5.74, 6) is 0. The summed E-state index contributed by atoms with van der Waals surface area (Å²) >= 11 is 0. The van der Waals surface area contributed by atoms with E-state index in [1.807, 2.05) is 30.3 Å². The van der Waals surface area contributed by atoms with Crippen LogP contribution in [0.4, 0.5) is 11.4 Å². The third-order valence-electron chi connectivity index (χ3n) is 5.13. The first-order valence-corrected chi connectivity index (χ1v) is 11.9. The summed E-state index contributed by atoms with van der Waals surface area (Å²) in [4.78, 5) is 12.9. The van der Waals surface area contributed by atoms with E-state index in [1.54, 1.807) is 48.5 Å². The molecule has 0 spiro atoms. The second-order valence-electron chi connectivity index (χ2n) is 7.47. The number of sulfonamides is 1. The highest BCUT2D eigenvalue weighted by Gasteiger charge is 2.21. The molecule has 6 nitrogen and oxygen atoms in total. The molecule has 0 atom stereocenters. The van der Waals surface area contributed by atoms with Crippen molar-refractivity contribution >= 4 is 32.4 Å². The average molecular weight is 449 g/mol. The van der Waals surface area contributed by atoms with E-state index in [4.69, 9.17) is 4.42 Å². The fraction of sp³-hybridized carbons (Fsp3) is 0.160. The van der Waals surface area contributed by atoms with Gasteiger partial charge in [0.05, 0.1) is 10.6 Å². The highest BCUT2D eigenvalue weighted by molar-refractivity contribution is 7.92. The lowest BCUT2D eigenvalue weighted by atomic mass is 10.1. The van der Waals surface area contributed by atoms with Crippen LogP contribution in [0.1, 0.15) is 24.5 Å². The zero-order valence-corrected chi connectivity index (χ0v) is 18.5. The van der Waals surface area contributed by atoms with Crippen LogP contribution in [-0.4, -0.2) is 8.42 Å². The van der Waals surface area contributed by atoms with Crippen LogP contribution in [0.25, 0.3) is 11.0 Å². The normalized spacial score (nSPS) is 11.4. The lowest BCUT2D eigenvalue weighted by molar-refractivity contribution is 0.563. The Morgan fingerprint density at radius 1 is 0.812 bits per heavy atom. The molecule has 0 amide bonds. The van der Waals surface area contributed by atoms with E-state index in [0.717, 1.165) is 24.0 Å². The van der Waals surface area contributed by atoms with Crippen molar-refractivity contribution in [3.63, 3.8) is 0 Å². The molecule has 0 fully saturated rings. The van der Waals surface area contributed by atoms with Crippen molar-refractivity contribution in [3.05, 3.63) is 100 Å². The van der Waals surface area contributed by atoms with Crippen molar-refractivity contribution in [1.82, 2.24) is 0 Å². The van der Waals surface area contributed by atoms with E-state index in [2.05, 4.69) is 17.0 Å². The molecular weight excluding hydrogens is 424 g/mol. The molecule has 0 saturated heterocycles. The van der Waals surface area contributed by atoms with Gasteiger partial charge in [0.1, 0.15) is 5.58 Å². The number of fused-ring (bicyclic) bond motifs is 1. The molecule has 4 rings (SSSR count). The van der Waals surface area contributed by atoms with Gasteiger partial charge >= 0.3 is 5.63 Å². The van der Waals surface area contributed by atoms with E-state index in [1.165, 1.54) is 0 Å². The van der Waals surface area contributed by atoms with Crippen molar-refractivity contribution < 1.29 is 12.8 Å². The lowest BCUT2D eigenvalue weighted by Gasteiger charge is -2.15. The Kier molecular flexibility index (Phi) is 6.28. The third kappa shape index (κ3) is 4.68. The standard InChI is InChI=1S/C25H24N2O4S/c1-2-8-18-13-15-20(16-14-18)32(29,30)27-24-23(26-17-19-9-4-3-5-10-19)21-11-6-7-12-22(21)31-25(24)28/h3-7,9-16,26-27H,2,8,17H2,1H3. The summed E-state index contributed by atoms with van der Waals surface area (Å²) in [7, 11) is -3.99. The zero-order valence-electron chi connectivity index (χ0n) is 17.7. The van der Waals surface area contributed by atoms with Gasteiger partial charge in [-0.3, -0.25) is 4.72 Å². The van der Waals surface area contributed by atoms with Crippen LogP contribution in [-0.2, 0) is 23.0 Å². The summed E-state index contributed by atoms with van der Waals surface area (Å²) in [5.41, 5.74) is 1.90. The first-order chi connectivity index (χ1) is 15.5. The van der Waals surface area contributed by atoms with E-state index in [0.29, 0.717) is 23.2 Å². The Morgan fingerprint density at radius 2 is 1.50 bits per heavy atom. The van der Waals surface area contributed by atoms with Crippen molar-refractivity contribution in [2.45, 2.75) is 31.2 Å². The predicted molar refractivity (Wildman–Crippen MR) is 127 cm³/mol. The van der Waals surface area contributed by atoms with E-state index >= 15 is 0 Å². The Morgan fingerprint density at radius 3 is 2.22 bits per heavy atom. The molecule has 1 heterocycles. The van der Waals surface area contributed by atoms with Gasteiger partial charge < -0.3 is 9.73 Å². The molecule has 0 aliphatic carbocycles. The molecule has 2 N–H and O–H groups in total. The number of hydrogen-bond acceptors (Lipinski definition) is 5. The van der Waals surface area contributed by atoms with Crippen LogP contribution in [0.15, 0.2) is 93.0 Å². The Hall–Kier alpha value is -3.58. The molecule has 0 aliphatic rings. The Balaban J connectivity index is 1.73. The maximum Gasteiger partial charge on any atom is 0.363 e. The monoisotopic (exact) mass is 448 g/mol. The molecule has 0 saturated carbocycles. The van der Waals surface area contributed by atoms with Gasteiger partial charge in [-0.15, -0.1) is 0 Å². The van der Waals surface area contributed by atoms with Gasteiger partial charge in [0.15, 0.2) is 5.69 Å². The van der Waals surface area contributed by atoms with Crippen LogP contribution in [0.3, 0.4) is 0 Å². The van der Waals surface area contributed by atoms with Crippen LogP contribution >= 0.6 is 0 Å². The van der Waals surface area contributed by atoms with Gasteiger partial charge in [0, 0.05) is 11.9 Å². The topological polar surface area (TPSA) is 88.4 Å². The molecule has 0 aliphatic heterocycles. The predicted octanol–water partition coefficient (Wildman–Crippen LogP) is 5.16. The molecule has 7 heteroatoms. The number of hydrogen-bond donors (Lipinski definition) is 2. The van der Waals surface area contributed by atoms with E-state index in [-0.39, 0.29) is 10.6 Å². The smallest absolute Gasteiger partial charge is 0.363 e. The molecule has 3 aromatic carbocycles. The number of aryl methyl sites for hydroxylation is 1. The number of anilines is 2. The summed E-state index contributed by atoms with van der Waals surface area (Å²) in [6, 6.07) is 23.3. The fourth-order valence-electron chi connectivity index (χ4n) is 3.53. The van der Waals surface area contributed by atoms with Gasteiger partial charge in [0.25, 0.3) is 10.0 Å². The number of nitrogens with one attached hydrogen (secondary N) is 2. The van der Waals surface area contributed by atoms with Gasteiger partial charge in [-0.25, -0.2) is 13.2 Å². The molecule has 4 aromatic rings. The van der Waals surface area contributed by atoms with Crippen molar-refractivity contribution in [3.8, 4) is 0 Å². The Labute approximate surface area is 187 Å². The minimum atomic E-state index is -3.99. The van der Waals surface area contributed by atoms with Gasteiger partial charge in [-0.05, 0) is 41.8 Å². The maximum atomic E-state index is 13.1. The molecular formula is C25H24N2O4S. The van der Waals surface area contributed by atoms with Crippen molar-refractivity contribution in [1.29, 1.82) is 0 Å². The summed E-state index contributed by atoms with van der Waals surface area (Å²) in [5, 5.41) is 3.84. The van der Waals surface area contributed by atoms with Gasteiger partial charge in [-0.2, -0.15) is 0 Å². The van der Waals surface area contributed by atoms with Crippen molar-refractivity contribution in [2.75, 3.05) is 10.0 Å². The summed E-state index contributed by atoms with van der Waals surface area (Å²) in [6.07, 6.45) is 1.84. The van der Waals surface area contributed by atoms with Gasteiger partial charge in [-0.1, -0.05) is 67.9 Å². The van der Waals surface area contributed by atoms with Crippen LogP contribution in [0, 0.1) is 0 Å². The third-order valence-corrected chi connectivity index (χ3v) is 6.50. The van der Waals surface area contributed by atoms with Crippen LogP contribution in [0.2, 0.25) is 0 Å². The number of rotatable bonds is 8. The second-order valence-corrected chi connectivity index (χ2v) is 9.16. The molecule has 32 heavy (non-hydrogen) atoms. The van der Waals surface area contributed by atoms with E-state index < -0.39 is 15.6 Å². The molecule has 164 valence electrons. The molecule has 0 unspecified atom stereocenters. The fourth-order valence-corrected chi connectivity index (χ4v) is 4.60. The maximum absolute atomic E-state index is 13.1. The Bertz CT molecular complexity index is 1380. The first-order valence-electron chi connectivity index (χ1n) is 10.4. The minimum absolute atomic E-state index is 0.0823. The molecule has 0 bridgehead atoms.